The molecule has 5 heteroatoms. The molecule has 0 fully saturated rings. The van der Waals surface area contributed by atoms with Gasteiger partial charge in [0.15, 0.2) is 5.13 Å². The van der Waals surface area contributed by atoms with Crippen molar-refractivity contribution in [1.29, 1.82) is 0 Å². The van der Waals surface area contributed by atoms with Gasteiger partial charge in [0.05, 0.1) is 9.72 Å². The Balaban J connectivity index is 1.74. The molecule has 0 unspecified atom stereocenters. The van der Waals surface area contributed by atoms with Crippen LogP contribution in [0.2, 0.25) is 5.02 Å². The van der Waals surface area contributed by atoms with Crippen LogP contribution in [-0.2, 0) is 4.79 Å². The maximum absolute atomic E-state index is 11.9. The van der Waals surface area contributed by atoms with Crippen LogP contribution in [0.4, 0.5) is 5.13 Å². The van der Waals surface area contributed by atoms with E-state index in [1.54, 1.807) is 12.1 Å². The number of anilines is 1. The molecule has 0 aliphatic carbocycles. The largest absolute Gasteiger partial charge is 0.298 e. The molecule has 0 spiro atoms. The van der Waals surface area contributed by atoms with E-state index in [0.717, 1.165) is 10.3 Å². The fourth-order valence-electron chi connectivity index (χ4n) is 1.85. The SMILES string of the molecule is O=C(C=Cc1ccccc1)Nc1nc2c(Cl)cccc2s1. The molecule has 104 valence electrons. The molecular formula is C16H11ClN2OS. The first-order valence-corrected chi connectivity index (χ1v) is 7.51. The topological polar surface area (TPSA) is 42.0 Å². The van der Waals surface area contributed by atoms with Gasteiger partial charge < -0.3 is 0 Å². The third-order valence-electron chi connectivity index (χ3n) is 2.83. The summed E-state index contributed by atoms with van der Waals surface area (Å²) in [6.45, 7) is 0. The monoisotopic (exact) mass is 314 g/mol. The molecule has 1 heterocycles. The van der Waals surface area contributed by atoms with E-state index in [9.17, 15) is 4.79 Å². The van der Waals surface area contributed by atoms with E-state index < -0.39 is 0 Å². The van der Waals surface area contributed by atoms with E-state index in [1.165, 1.54) is 17.4 Å². The second-order valence-corrected chi connectivity index (χ2v) is 5.78. The molecule has 0 bridgehead atoms. The molecule has 3 rings (SSSR count). The predicted octanol–water partition coefficient (Wildman–Crippen LogP) is 4.60. The minimum Gasteiger partial charge on any atom is -0.298 e. The van der Waals surface area contributed by atoms with Gasteiger partial charge in [-0.1, -0.05) is 59.3 Å². The number of carbonyl (C=O) groups excluding carboxylic acids is 1. The van der Waals surface area contributed by atoms with Crippen LogP contribution in [0.3, 0.4) is 0 Å². The van der Waals surface area contributed by atoms with Gasteiger partial charge in [-0.3, -0.25) is 10.1 Å². The van der Waals surface area contributed by atoms with E-state index in [4.69, 9.17) is 11.6 Å². The maximum atomic E-state index is 11.9. The molecule has 0 atom stereocenters. The first kappa shape index (κ1) is 13.8. The smallest absolute Gasteiger partial charge is 0.250 e. The van der Waals surface area contributed by atoms with Gasteiger partial charge >= 0.3 is 0 Å². The third-order valence-corrected chi connectivity index (χ3v) is 4.07. The lowest BCUT2D eigenvalue weighted by Crippen LogP contribution is -2.07. The number of carbonyl (C=O) groups is 1. The first-order valence-electron chi connectivity index (χ1n) is 6.31. The van der Waals surface area contributed by atoms with Crippen LogP contribution >= 0.6 is 22.9 Å². The highest BCUT2D eigenvalue weighted by Gasteiger charge is 2.08. The van der Waals surface area contributed by atoms with Crippen molar-refractivity contribution in [2.45, 2.75) is 0 Å². The van der Waals surface area contributed by atoms with Crippen LogP contribution in [0.25, 0.3) is 16.3 Å². The van der Waals surface area contributed by atoms with E-state index in [1.807, 2.05) is 42.5 Å². The molecule has 0 aliphatic rings. The number of rotatable bonds is 3. The van der Waals surface area contributed by atoms with Crippen LogP contribution in [0, 0.1) is 0 Å². The predicted molar refractivity (Wildman–Crippen MR) is 88.7 cm³/mol. The number of para-hydroxylation sites is 1. The number of benzene rings is 2. The lowest BCUT2D eigenvalue weighted by Gasteiger charge is -1.95. The molecule has 2 aromatic carbocycles. The van der Waals surface area contributed by atoms with E-state index in [-0.39, 0.29) is 5.91 Å². The summed E-state index contributed by atoms with van der Waals surface area (Å²) in [4.78, 5) is 16.2. The molecule has 0 saturated heterocycles. The number of amides is 1. The molecule has 1 aromatic heterocycles. The van der Waals surface area contributed by atoms with Crippen molar-refractivity contribution in [3.63, 3.8) is 0 Å². The van der Waals surface area contributed by atoms with Crippen molar-refractivity contribution in [2.75, 3.05) is 5.32 Å². The zero-order valence-corrected chi connectivity index (χ0v) is 12.5. The lowest BCUT2D eigenvalue weighted by atomic mass is 10.2. The van der Waals surface area contributed by atoms with Crippen LogP contribution in [-0.4, -0.2) is 10.9 Å². The molecule has 3 nitrogen and oxygen atoms in total. The highest BCUT2D eigenvalue weighted by atomic mass is 35.5. The fourth-order valence-corrected chi connectivity index (χ4v) is 3.02. The van der Waals surface area contributed by atoms with Crippen LogP contribution in [0.5, 0.6) is 0 Å². The van der Waals surface area contributed by atoms with Crippen LogP contribution in [0.1, 0.15) is 5.56 Å². The fraction of sp³-hybridized carbons (Fsp3) is 0. The van der Waals surface area contributed by atoms with Crippen molar-refractivity contribution in [3.8, 4) is 0 Å². The van der Waals surface area contributed by atoms with Gasteiger partial charge in [0.1, 0.15) is 5.52 Å². The Bertz CT molecular complexity index is 812. The number of halogens is 1. The maximum Gasteiger partial charge on any atom is 0.250 e. The summed E-state index contributed by atoms with van der Waals surface area (Å²) in [5, 5.41) is 3.88. The minimum absolute atomic E-state index is 0.214. The Morgan fingerprint density at radius 1 is 1.14 bits per heavy atom. The minimum atomic E-state index is -0.214. The zero-order chi connectivity index (χ0) is 14.7. The first-order chi connectivity index (χ1) is 10.2. The summed E-state index contributed by atoms with van der Waals surface area (Å²) in [7, 11) is 0. The second kappa shape index (κ2) is 6.08. The quantitative estimate of drug-likeness (QED) is 0.718. The Labute approximate surface area is 130 Å². The Morgan fingerprint density at radius 3 is 2.71 bits per heavy atom. The van der Waals surface area contributed by atoms with Gasteiger partial charge in [-0.05, 0) is 23.8 Å². The Kier molecular flexibility index (Phi) is 3.99. The summed E-state index contributed by atoms with van der Waals surface area (Å²) in [5.74, 6) is -0.214. The Hall–Kier alpha value is -2.17. The summed E-state index contributed by atoms with van der Waals surface area (Å²) >= 11 is 7.47. The van der Waals surface area contributed by atoms with E-state index in [2.05, 4.69) is 10.3 Å². The summed E-state index contributed by atoms with van der Waals surface area (Å²) in [6, 6.07) is 15.2. The molecule has 0 saturated carbocycles. The number of thiazole rings is 1. The van der Waals surface area contributed by atoms with Gasteiger partial charge in [0.25, 0.3) is 0 Å². The number of aromatic nitrogens is 1. The molecule has 3 aromatic rings. The standard InChI is InChI=1S/C16H11ClN2OS/c17-12-7-4-8-13-15(12)19-16(21-13)18-14(20)10-9-11-5-2-1-3-6-11/h1-10H,(H,18,19,20). The Morgan fingerprint density at radius 2 is 1.95 bits per heavy atom. The lowest BCUT2D eigenvalue weighted by molar-refractivity contribution is -0.111. The van der Waals surface area contributed by atoms with Crippen molar-refractivity contribution in [3.05, 3.63) is 65.2 Å². The van der Waals surface area contributed by atoms with Crippen LogP contribution < -0.4 is 5.32 Å². The van der Waals surface area contributed by atoms with Crippen LogP contribution in [0.15, 0.2) is 54.6 Å². The van der Waals surface area contributed by atoms with Crippen molar-refractivity contribution in [1.82, 2.24) is 4.98 Å². The highest BCUT2D eigenvalue weighted by molar-refractivity contribution is 7.22. The number of nitrogens with one attached hydrogen (secondary N) is 1. The third kappa shape index (κ3) is 3.29. The summed E-state index contributed by atoms with van der Waals surface area (Å²) in [6.07, 6.45) is 3.25. The molecular weight excluding hydrogens is 304 g/mol. The number of hydrogen-bond acceptors (Lipinski definition) is 3. The van der Waals surface area contributed by atoms with E-state index in [0.29, 0.717) is 15.7 Å². The van der Waals surface area contributed by atoms with Gasteiger partial charge in [0.2, 0.25) is 5.91 Å². The summed E-state index contributed by atoms with van der Waals surface area (Å²) < 4.78 is 0.949. The molecule has 1 N–H and O–H groups in total. The number of fused-ring (bicyclic) bond motifs is 1. The van der Waals surface area contributed by atoms with Gasteiger partial charge in [-0.15, -0.1) is 0 Å². The van der Waals surface area contributed by atoms with Gasteiger partial charge in [-0.2, -0.15) is 0 Å². The molecule has 1 amide bonds. The summed E-state index contributed by atoms with van der Waals surface area (Å²) in [5.41, 5.74) is 1.69. The average molecular weight is 315 g/mol. The zero-order valence-electron chi connectivity index (χ0n) is 10.9. The normalized spacial score (nSPS) is 11.1. The van der Waals surface area contributed by atoms with Crippen molar-refractivity contribution in [2.24, 2.45) is 0 Å². The second-order valence-electron chi connectivity index (χ2n) is 4.34. The molecule has 0 aliphatic heterocycles. The number of hydrogen-bond donors (Lipinski definition) is 1. The molecule has 21 heavy (non-hydrogen) atoms. The van der Waals surface area contributed by atoms with Crippen molar-refractivity contribution >= 4 is 50.3 Å². The number of nitrogens with zero attached hydrogens (tertiary/aromatic N) is 1. The average Bonchev–Trinajstić information content (AvgIpc) is 2.90. The van der Waals surface area contributed by atoms with Crippen molar-refractivity contribution < 1.29 is 4.79 Å². The molecule has 0 radical (unpaired) electrons. The van der Waals surface area contributed by atoms with Gasteiger partial charge in [-0.25, -0.2) is 4.98 Å². The highest BCUT2D eigenvalue weighted by Crippen LogP contribution is 2.30. The van der Waals surface area contributed by atoms with Gasteiger partial charge in [0, 0.05) is 6.08 Å². The van der Waals surface area contributed by atoms with E-state index >= 15 is 0 Å².